The van der Waals surface area contributed by atoms with Crippen LogP contribution in [0.2, 0.25) is 0 Å². The van der Waals surface area contributed by atoms with Crippen molar-refractivity contribution >= 4 is 0 Å². The molecule has 1 nitrogen and oxygen atoms in total. The molecule has 0 aliphatic heterocycles. The Morgan fingerprint density at radius 1 is 1.24 bits per heavy atom. The lowest BCUT2D eigenvalue weighted by atomic mass is 9.59. The Bertz CT molecular complexity index is 388. The molecule has 2 aliphatic rings. The summed E-state index contributed by atoms with van der Waals surface area (Å²) in [6.07, 6.45) is 5.13. The van der Waals surface area contributed by atoms with Crippen LogP contribution in [0.3, 0.4) is 0 Å². The Labute approximate surface area is 102 Å². The molecule has 0 unspecified atom stereocenters. The molecule has 2 aliphatic carbocycles. The topological polar surface area (TPSA) is 12.0 Å². The van der Waals surface area contributed by atoms with E-state index in [-0.39, 0.29) is 11.2 Å². The van der Waals surface area contributed by atoms with E-state index in [2.05, 4.69) is 12.2 Å². The van der Waals surface area contributed by atoms with E-state index < -0.39 is 0 Å². The Kier molecular flexibility index (Phi) is 2.70. The van der Waals surface area contributed by atoms with E-state index in [1.54, 1.807) is 12.1 Å². The number of hydrogen-bond acceptors (Lipinski definition) is 1. The molecule has 0 radical (unpaired) electrons. The van der Waals surface area contributed by atoms with Crippen LogP contribution in [0.5, 0.6) is 0 Å². The van der Waals surface area contributed by atoms with Crippen LogP contribution in [0.25, 0.3) is 0 Å². The molecule has 0 spiro atoms. The van der Waals surface area contributed by atoms with Crippen LogP contribution in [0.4, 0.5) is 4.39 Å². The standard InChI is InChI=1S/C15H20FN/c1-11-8-15(9-11,10-17-14-6-7-14)12-2-4-13(16)5-3-12/h2-5,11,14,17H,6-10H2,1H3. The maximum atomic E-state index is 13.0. The molecular formula is C15H20FN. The summed E-state index contributed by atoms with van der Waals surface area (Å²) >= 11 is 0. The van der Waals surface area contributed by atoms with Crippen LogP contribution in [0, 0.1) is 11.7 Å². The summed E-state index contributed by atoms with van der Waals surface area (Å²) < 4.78 is 13.0. The van der Waals surface area contributed by atoms with Gasteiger partial charge in [-0.15, -0.1) is 0 Å². The van der Waals surface area contributed by atoms with Gasteiger partial charge in [0.1, 0.15) is 5.82 Å². The van der Waals surface area contributed by atoms with Crippen molar-refractivity contribution in [3.8, 4) is 0 Å². The molecule has 17 heavy (non-hydrogen) atoms. The van der Waals surface area contributed by atoms with Gasteiger partial charge in [-0.1, -0.05) is 19.1 Å². The van der Waals surface area contributed by atoms with Crippen molar-refractivity contribution in [2.45, 2.75) is 44.1 Å². The van der Waals surface area contributed by atoms with Crippen LogP contribution in [0.15, 0.2) is 24.3 Å². The number of nitrogens with one attached hydrogen (secondary N) is 1. The molecule has 2 heteroatoms. The van der Waals surface area contributed by atoms with Gasteiger partial charge in [0.15, 0.2) is 0 Å². The first-order valence-electron chi connectivity index (χ1n) is 6.67. The Hall–Kier alpha value is -0.890. The Morgan fingerprint density at radius 3 is 2.41 bits per heavy atom. The van der Waals surface area contributed by atoms with Gasteiger partial charge in [0, 0.05) is 18.0 Å². The zero-order valence-corrected chi connectivity index (χ0v) is 10.4. The molecule has 2 fully saturated rings. The zero-order valence-electron chi connectivity index (χ0n) is 10.4. The van der Waals surface area contributed by atoms with E-state index in [0.717, 1.165) is 18.5 Å². The first-order valence-corrected chi connectivity index (χ1v) is 6.67. The normalized spacial score (nSPS) is 32.2. The second-order valence-electron chi connectivity index (χ2n) is 5.96. The van der Waals surface area contributed by atoms with Crippen molar-refractivity contribution < 1.29 is 4.39 Å². The number of rotatable bonds is 4. The smallest absolute Gasteiger partial charge is 0.123 e. The fourth-order valence-electron chi connectivity index (χ4n) is 3.19. The monoisotopic (exact) mass is 233 g/mol. The molecule has 92 valence electrons. The second-order valence-corrected chi connectivity index (χ2v) is 5.96. The quantitative estimate of drug-likeness (QED) is 0.841. The summed E-state index contributed by atoms with van der Waals surface area (Å²) in [6, 6.07) is 7.88. The molecule has 0 amide bonds. The molecule has 0 atom stereocenters. The lowest BCUT2D eigenvalue weighted by molar-refractivity contribution is 0.152. The summed E-state index contributed by atoms with van der Waals surface area (Å²) in [4.78, 5) is 0. The number of benzene rings is 1. The summed E-state index contributed by atoms with van der Waals surface area (Å²) in [6.45, 7) is 3.37. The van der Waals surface area contributed by atoms with E-state index >= 15 is 0 Å². The Balaban J connectivity index is 1.75. The van der Waals surface area contributed by atoms with Crippen molar-refractivity contribution in [1.29, 1.82) is 0 Å². The van der Waals surface area contributed by atoms with Gasteiger partial charge in [-0.2, -0.15) is 0 Å². The maximum absolute atomic E-state index is 13.0. The van der Waals surface area contributed by atoms with Gasteiger partial charge in [-0.05, 0) is 49.3 Å². The molecule has 0 aromatic heterocycles. The minimum Gasteiger partial charge on any atom is -0.313 e. The van der Waals surface area contributed by atoms with Gasteiger partial charge >= 0.3 is 0 Å². The van der Waals surface area contributed by atoms with Crippen molar-refractivity contribution in [3.63, 3.8) is 0 Å². The second kappa shape index (κ2) is 4.09. The van der Waals surface area contributed by atoms with Crippen molar-refractivity contribution in [1.82, 2.24) is 5.32 Å². The summed E-state index contributed by atoms with van der Waals surface area (Å²) in [5, 5.41) is 3.64. The van der Waals surface area contributed by atoms with Crippen molar-refractivity contribution in [2.24, 2.45) is 5.92 Å². The molecule has 1 N–H and O–H groups in total. The van der Waals surface area contributed by atoms with E-state index in [1.165, 1.54) is 31.2 Å². The van der Waals surface area contributed by atoms with Gasteiger partial charge in [0.25, 0.3) is 0 Å². The van der Waals surface area contributed by atoms with Gasteiger partial charge in [0.05, 0.1) is 0 Å². The van der Waals surface area contributed by atoms with Crippen LogP contribution >= 0.6 is 0 Å². The van der Waals surface area contributed by atoms with E-state index in [0.29, 0.717) is 0 Å². The van der Waals surface area contributed by atoms with Gasteiger partial charge in [-0.25, -0.2) is 4.39 Å². The molecule has 2 saturated carbocycles. The predicted octanol–water partition coefficient (Wildman–Crippen LogP) is 3.25. The van der Waals surface area contributed by atoms with Crippen LogP contribution < -0.4 is 5.32 Å². The summed E-state index contributed by atoms with van der Waals surface area (Å²) in [5.41, 5.74) is 1.58. The maximum Gasteiger partial charge on any atom is 0.123 e. The third kappa shape index (κ3) is 2.23. The molecule has 0 bridgehead atoms. The molecule has 3 rings (SSSR count). The summed E-state index contributed by atoms with van der Waals surface area (Å²) in [5.74, 6) is 0.674. The highest BCUT2D eigenvalue weighted by molar-refractivity contribution is 5.30. The number of halogens is 1. The van der Waals surface area contributed by atoms with Crippen molar-refractivity contribution in [3.05, 3.63) is 35.6 Å². The third-order valence-corrected chi connectivity index (χ3v) is 4.24. The van der Waals surface area contributed by atoms with Gasteiger partial charge in [0.2, 0.25) is 0 Å². The van der Waals surface area contributed by atoms with Gasteiger partial charge < -0.3 is 5.32 Å². The SMILES string of the molecule is CC1CC(CNC2CC2)(c2ccc(F)cc2)C1. The van der Waals surface area contributed by atoms with Crippen LogP contribution in [-0.4, -0.2) is 12.6 Å². The lowest BCUT2D eigenvalue weighted by Crippen LogP contribution is -2.48. The zero-order chi connectivity index (χ0) is 11.9. The molecule has 1 aromatic carbocycles. The number of hydrogen-bond donors (Lipinski definition) is 1. The molecule has 0 heterocycles. The minimum absolute atomic E-state index is 0.133. The highest BCUT2D eigenvalue weighted by Gasteiger charge is 2.43. The largest absolute Gasteiger partial charge is 0.313 e. The van der Waals surface area contributed by atoms with Crippen LogP contribution in [-0.2, 0) is 5.41 Å². The predicted molar refractivity (Wildman–Crippen MR) is 67.5 cm³/mol. The lowest BCUT2D eigenvalue weighted by Gasteiger charge is -2.47. The molecule has 0 saturated heterocycles. The van der Waals surface area contributed by atoms with Crippen molar-refractivity contribution in [2.75, 3.05) is 6.54 Å². The first kappa shape index (κ1) is 11.2. The molecule has 1 aromatic rings. The first-order chi connectivity index (χ1) is 8.18. The summed E-state index contributed by atoms with van der Waals surface area (Å²) in [7, 11) is 0. The molecular weight excluding hydrogens is 213 g/mol. The highest BCUT2D eigenvalue weighted by Crippen LogP contribution is 2.47. The fraction of sp³-hybridized carbons (Fsp3) is 0.600. The average molecular weight is 233 g/mol. The third-order valence-electron chi connectivity index (χ3n) is 4.24. The van der Waals surface area contributed by atoms with Crippen LogP contribution in [0.1, 0.15) is 38.2 Å². The van der Waals surface area contributed by atoms with E-state index in [4.69, 9.17) is 0 Å². The minimum atomic E-state index is -0.133. The van der Waals surface area contributed by atoms with E-state index in [9.17, 15) is 4.39 Å². The fourth-order valence-corrected chi connectivity index (χ4v) is 3.19. The van der Waals surface area contributed by atoms with Gasteiger partial charge in [-0.3, -0.25) is 0 Å². The Morgan fingerprint density at radius 2 is 1.88 bits per heavy atom. The van der Waals surface area contributed by atoms with E-state index in [1.807, 2.05) is 12.1 Å². The average Bonchev–Trinajstić information content (AvgIpc) is 3.08. The highest BCUT2D eigenvalue weighted by atomic mass is 19.1.